The molecule has 3 rings (SSSR count). The Balaban J connectivity index is 1.64. The second kappa shape index (κ2) is 6.64. The fourth-order valence-electron chi connectivity index (χ4n) is 2.29. The number of carbonyl (C=O) groups is 1. The van der Waals surface area contributed by atoms with Gasteiger partial charge >= 0.3 is 6.03 Å². The van der Waals surface area contributed by atoms with Gasteiger partial charge in [0.1, 0.15) is 6.10 Å². The van der Waals surface area contributed by atoms with E-state index in [1.807, 2.05) is 36.6 Å². The molecule has 1 aromatic carbocycles. The van der Waals surface area contributed by atoms with Crippen LogP contribution in [0.25, 0.3) is 0 Å². The number of urea groups is 1. The summed E-state index contributed by atoms with van der Waals surface area (Å²) in [6.45, 7) is 3.49. The standard InChI is InChI=1S/C15H16ClN3O2S/c1-10-9-22-14(17-10)18-15(20)19-6-7-21-13(8-19)11-2-4-12(16)5-3-11/h2-5,9,13H,6-8H2,1H3,(H,17,18,20). The largest absolute Gasteiger partial charge is 0.370 e. The van der Waals surface area contributed by atoms with Crippen molar-refractivity contribution in [2.24, 2.45) is 0 Å². The van der Waals surface area contributed by atoms with E-state index < -0.39 is 0 Å². The lowest BCUT2D eigenvalue weighted by molar-refractivity contribution is -0.0135. The van der Waals surface area contributed by atoms with Gasteiger partial charge in [-0.15, -0.1) is 11.3 Å². The SMILES string of the molecule is Cc1csc(NC(=O)N2CCOC(c3ccc(Cl)cc3)C2)n1. The van der Waals surface area contributed by atoms with Crippen LogP contribution < -0.4 is 5.32 Å². The van der Waals surface area contributed by atoms with Gasteiger partial charge in [0, 0.05) is 16.9 Å². The van der Waals surface area contributed by atoms with Gasteiger partial charge in [-0.1, -0.05) is 23.7 Å². The van der Waals surface area contributed by atoms with E-state index in [-0.39, 0.29) is 12.1 Å². The van der Waals surface area contributed by atoms with Gasteiger partial charge in [-0.05, 0) is 24.6 Å². The summed E-state index contributed by atoms with van der Waals surface area (Å²) < 4.78 is 5.76. The van der Waals surface area contributed by atoms with Gasteiger partial charge in [0.2, 0.25) is 0 Å². The molecular formula is C15H16ClN3O2S. The fraction of sp³-hybridized carbons (Fsp3) is 0.333. The van der Waals surface area contributed by atoms with Crippen LogP contribution in [0.15, 0.2) is 29.6 Å². The summed E-state index contributed by atoms with van der Waals surface area (Å²) in [4.78, 5) is 18.3. The van der Waals surface area contributed by atoms with Crippen LogP contribution in [0.4, 0.5) is 9.93 Å². The smallest absolute Gasteiger partial charge is 0.323 e. The van der Waals surface area contributed by atoms with Gasteiger partial charge in [0.05, 0.1) is 18.8 Å². The number of rotatable bonds is 2. The van der Waals surface area contributed by atoms with Crippen LogP contribution in [0, 0.1) is 6.92 Å². The summed E-state index contributed by atoms with van der Waals surface area (Å²) >= 11 is 7.33. The number of nitrogens with one attached hydrogen (secondary N) is 1. The second-order valence-electron chi connectivity index (χ2n) is 5.08. The molecule has 1 atom stereocenters. The maximum absolute atomic E-state index is 12.3. The van der Waals surface area contributed by atoms with Crippen LogP contribution in [-0.4, -0.2) is 35.6 Å². The number of amides is 2. The third-order valence-electron chi connectivity index (χ3n) is 3.43. The monoisotopic (exact) mass is 337 g/mol. The molecule has 1 aliphatic rings. The molecule has 1 N–H and O–H groups in total. The van der Waals surface area contributed by atoms with Gasteiger partial charge in [-0.25, -0.2) is 9.78 Å². The third kappa shape index (κ3) is 3.58. The molecule has 0 spiro atoms. The van der Waals surface area contributed by atoms with Crippen LogP contribution >= 0.6 is 22.9 Å². The molecule has 1 aromatic heterocycles. The average molecular weight is 338 g/mol. The number of aryl methyl sites for hydroxylation is 1. The van der Waals surface area contributed by atoms with Crippen molar-refractivity contribution in [3.8, 4) is 0 Å². The van der Waals surface area contributed by atoms with Crippen LogP contribution in [0.5, 0.6) is 0 Å². The molecule has 2 heterocycles. The number of carbonyl (C=O) groups excluding carboxylic acids is 1. The second-order valence-corrected chi connectivity index (χ2v) is 6.38. The minimum atomic E-state index is -0.142. The molecular weight excluding hydrogens is 322 g/mol. The summed E-state index contributed by atoms with van der Waals surface area (Å²) in [7, 11) is 0. The predicted octanol–water partition coefficient (Wildman–Crippen LogP) is 3.71. The minimum Gasteiger partial charge on any atom is -0.370 e. The van der Waals surface area contributed by atoms with Crippen molar-refractivity contribution < 1.29 is 9.53 Å². The number of nitrogens with zero attached hydrogens (tertiary/aromatic N) is 2. The Morgan fingerprint density at radius 1 is 1.45 bits per heavy atom. The van der Waals surface area contributed by atoms with Crippen molar-refractivity contribution in [1.82, 2.24) is 9.88 Å². The van der Waals surface area contributed by atoms with Gasteiger partial charge in [0.15, 0.2) is 5.13 Å². The zero-order valence-corrected chi connectivity index (χ0v) is 13.7. The first kappa shape index (κ1) is 15.3. The molecule has 22 heavy (non-hydrogen) atoms. The summed E-state index contributed by atoms with van der Waals surface area (Å²) in [5.41, 5.74) is 1.92. The number of hydrogen-bond acceptors (Lipinski definition) is 4. The molecule has 0 bridgehead atoms. The number of hydrogen-bond donors (Lipinski definition) is 1. The number of anilines is 1. The molecule has 1 aliphatic heterocycles. The summed E-state index contributed by atoms with van der Waals surface area (Å²) in [6.07, 6.45) is -0.130. The highest BCUT2D eigenvalue weighted by atomic mass is 35.5. The summed E-state index contributed by atoms with van der Waals surface area (Å²) in [5, 5.41) is 6.05. The van der Waals surface area contributed by atoms with Crippen molar-refractivity contribution in [2.75, 3.05) is 25.0 Å². The van der Waals surface area contributed by atoms with Crippen molar-refractivity contribution >= 4 is 34.1 Å². The average Bonchev–Trinajstić information content (AvgIpc) is 2.93. The quantitative estimate of drug-likeness (QED) is 0.908. The van der Waals surface area contributed by atoms with Crippen molar-refractivity contribution in [1.29, 1.82) is 0 Å². The highest BCUT2D eigenvalue weighted by Gasteiger charge is 2.25. The third-order valence-corrected chi connectivity index (χ3v) is 4.56. The number of morpholine rings is 1. The maximum Gasteiger partial charge on any atom is 0.323 e. The molecule has 2 amide bonds. The van der Waals surface area contributed by atoms with E-state index in [1.165, 1.54) is 11.3 Å². The Morgan fingerprint density at radius 3 is 2.91 bits per heavy atom. The van der Waals surface area contributed by atoms with Gasteiger partial charge in [-0.2, -0.15) is 0 Å². The molecule has 1 fully saturated rings. The van der Waals surface area contributed by atoms with E-state index in [9.17, 15) is 4.79 Å². The van der Waals surface area contributed by atoms with E-state index in [2.05, 4.69) is 10.3 Å². The lowest BCUT2D eigenvalue weighted by Crippen LogP contribution is -2.44. The maximum atomic E-state index is 12.3. The first-order chi connectivity index (χ1) is 10.6. The number of ether oxygens (including phenoxy) is 1. The lowest BCUT2D eigenvalue weighted by atomic mass is 10.1. The molecule has 1 saturated heterocycles. The van der Waals surface area contributed by atoms with Gasteiger partial charge < -0.3 is 9.64 Å². The first-order valence-corrected chi connectivity index (χ1v) is 8.23. The molecule has 2 aromatic rings. The highest BCUT2D eigenvalue weighted by molar-refractivity contribution is 7.13. The normalized spacial score (nSPS) is 18.3. The van der Waals surface area contributed by atoms with Crippen LogP contribution in [0.2, 0.25) is 5.02 Å². The Bertz CT molecular complexity index is 659. The highest BCUT2D eigenvalue weighted by Crippen LogP contribution is 2.24. The molecule has 0 aliphatic carbocycles. The molecule has 0 radical (unpaired) electrons. The number of thiazole rings is 1. The van der Waals surface area contributed by atoms with Gasteiger partial charge in [0.25, 0.3) is 0 Å². The first-order valence-electron chi connectivity index (χ1n) is 6.97. The molecule has 0 saturated carbocycles. The Labute approximate surface area is 137 Å². The molecule has 5 nitrogen and oxygen atoms in total. The van der Waals surface area contributed by atoms with Crippen molar-refractivity contribution in [3.63, 3.8) is 0 Å². The van der Waals surface area contributed by atoms with E-state index >= 15 is 0 Å². The van der Waals surface area contributed by atoms with E-state index in [1.54, 1.807) is 4.90 Å². The zero-order chi connectivity index (χ0) is 15.5. The Morgan fingerprint density at radius 2 is 2.23 bits per heavy atom. The molecule has 7 heteroatoms. The number of benzene rings is 1. The topological polar surface area (TPSA) is 54.5 Å². The van der Waals surface area contributed by atoms with Crippen LogP contribution in [-0.2, 0) is 4.74 Å². The Hall–Kier alpha value is -1.63. The van der Waals surface area contributed by atoms with E-state index in [0.29, 0.717) is 29.9 Å². The molecule has 1 unspecified atom stereocenters. The van der Waals surface area contributed by atoms with Crippen molar-refractivity contribution in [3.05, 3.63) is 45.9 Å². The zero-order valence-electron chi connectivity index (χ0n) is 12.1. The predicted molar refractivity (Wildman–Crippen MR) is 87.6 cm³/mol. The number of aromatic nitrogens is 1. The Kier molecular flexibility index (Phi) is 4.61. The van der Waals surface area contributed by atoms with Crippen molar-refractivity contribution in [2.45, 2.75) is 13.0 Å². The fourth-order valence-corrected chi connectivity index (χ4v) is 3.10. The van der Waals surface area contributed by atoms with Crippen LogP contribution in [0.1, 0.15) is 17.4 Å². The lowest BCUT2D eigenvalue weighted by Gasteiger charge is -2.33. The summed E-state index contributed by atoms with van der Waals surface area (Å²) in [5.74, 6) is 0. The van der Waals surface area contributed by atoms with E-state index in [4.69, 9.17) is 16.3 Å². The molecule has 116 valence electrons. The summed E-state index contributed by atoms with van der Waals surface area (Å²) in [6, 6.07) is 7.38. The number of halogens is 1. The minimum absolute atomic E-state index is 0.130. The van der Waals surface area contributed by atoms with Gasteiger partial charge in [-0.3, -0.25) is 5.32 Å². The van der Waals surface area contributed by atoms with Crippen LogP contribution in [0.3, 0.4) is 0 Å². The van der Waals surface area contributed by atoms with E-state index in [0.717, 1.165) is 11.3 Å².